The van der Waals surface area contributed by atoms with E-state index in [4.69, 9.17) is 9.47 Å². The summed E-state index contributed by atoms with van der Waals surface area (Å²) in [6.45, 7) is 1.95. The zero-order valence-electron chi connectivity index (χ0n) is 10.3. The van der Waals surface area contributed by atoms with Crippen LogP contribution in [0.1, 0.15) is 12.5 Å². The lowest BCUT2D eigenvalue weighted by atomic mass is 9.78. The average molecular weight is 263 g/mol. The van der Waals surface area contributed by atoms with Gasteiger partial charge in [-0.2, -0.15) is 0 Å². The molecule has 0 bridgehead atoms. The maximum Gasteiger partial charge on any atom is 0.318 e. The van der Waals surface area contributed by atoms with Crippen molar-refractivity contribution in [2.75, 3.05) is 18.5 Å². The summed E-state index contributed by atoms with van der Waals surface area (Å²) < 4.78 is 10.5. The van der Waals surface area contributed by atoms with Crippen molar-refractivity contribution in [3.05, 3.63) is 23.8 Å². The van der Waals surface area contributed by atoms with Gasteiger partial charge in [0.1, 0.15) is 11.2 Å². The number of hydrogen-bond acceptors (Lipinski definition) is 4. The molecule has 1 amide bonds. The number of fused-ring (bicyclic) bond motifs is 1. The first kappa shape index (κ1) is 12.0. The standard InChI is InChI=1S/C13H13NO5/c1-7-11(15)14-9-3-2-8(4-10(9)19-7)13(12(16)17)5-18-6-13/h2-4,7H,5-6H2,1H3,(H,14,15)(H,16,17). The van der Waals surface area contributed by atoms with Crippen LogP contribution in [-0.2, 0) is 19.7 Å². The monoisotopic (exact) mass is 263 g/mol. The van der Waals surface area contributed by atoms with Crippen LogP contribution in [0.5, 0.6) is 5.75 Å². The van der Waals surface area contributed by atoms with Crippen molar-refractivity contribution in [2.45, 2.75) is 18.4 Å². The van der Waals surface area contributed by atoms with E-state index in [1.54, 1.807) is 25.1 Å². The molecule has 0 spiro atoms. The van der Waals surface area contributed by atoms with Crippen molar-refractivity contribution in [3.63, 3.8) is 0 Å². The van der Waals surface area contributed by atoms with Crippen LogP contribution in [0.3, 0.4) is 0 Å². The van der Waals surface area contributed by atoms with Gasteiger partial charge in [-0.1, -0.05) is 6.07 Å². The summed E-state index contributed by atoms with van der Waals surface area (Å²) in [4.78, 5) is 22.9. The lowest BCUT2D eigenvalue weighted by Crippen LogP contribution is -2.53. The Hall–Kier alpha value is -2.08. The van der Waals surface area contributed by atoms with Crippen LogP contribution < -0.4 is 10.1 Å². The molecule has 100 valence electrons. The Kier molecular flexibility index (Phi) is 2.50. The first-order valence-electron chi connectivity index (χ1n) is 5.96. The van der Waals surface area contributed by atoms with E-state index in [1.165, 1.54) is 0 Å². The van der Waals surface area contributed by atoms with E-state index in [2.05, 4.69) is 5.32 Å². The minimum Gasteiger partial charge on any atom is -0.480 e. The normalized spacial score (nSPS) is 23.6. The number of rotatable bonds is 2. The molecule has 1 aromatic carbocycles. The number of ether oxygens (including phenoxy) is 2. The van der Waals surface area contributed by atoms with Crippen LogP contribution in [0.2, 0.25) is 0 Å². The number of carbonyl (C=O) groups is 2. The van der Waals surface area contributed by atoms with Crippen molar-refractivity contribution >= 4 is 17.6 Å². The van der Waals surface area contributed by atoms with Crippen molar-refractivity contribution < 1.29 is 24.2 Å². The summed E-state index contributed by atoms with van der Waals surface area (Å²) in [5.74, 6) is -0.621. The molecule has 2 aliphatic heterocycles. The molecule has 2 heterocycles. The fraction of sp³-hybridized carbons (Fsp3) is 0.385. The second kappa shape index (κ2) is 3.96. The lowest BCUT2D eigenvalue weighted by Gasteiger charge is -2.38. The SMILES string of the molecule is CC1Oc2cc(C3(C(=O)O)COC3)ccc2NC1=O. The molecule has 2 aliphatic rings. The zero-order chi connectivity index (χ0) is 13.6. The fourth-order valence-corrected chi connectivity index (χ4v) is 2.22. The summed E-state index contributed by atoms with van der Waals surface area (Å²) in [7, 11) is 0. The molecule has 2 N–H and O–H groups in total. The third-order valence-electron chi connectivity index (χ3n) is 3.57. The molecule has 1 atom stereocenters. The van der Waals surface area contributed by atoms with Crippen LogP contribution in [0.15, 0.2) is 18.2 Å². The first-order valence-corrected chi connectivity index (χ1v) is 5.96. The highest BCUT2D eigenvalue weighted by molar-refractivity contribution is 5.97. The lowest BCUT2D eigenvalue weighted by molar-refractivity contribution is -0.163. The van der Waals surface area contributed by atoms with E-state index in [9.17, 15) is 14.7 Å². The second-order valence-electron chi connectivity index (χ2n) is 4.84. The van der Waals surface area contributed by atoms with Gasteiger partial charge in [0, 0.05) is 0 Å². The maximum absolute atomic E-state index is 11.5. The van der Waals surface area contributed by atoms with Gasteiger partial charge in [0.05, 0.1) is 18.9 Å². The minimum atomic E-state index is -0.997. The van der Waals surface area contributed by atoms with E-state index in [-0.39, 0.29) is 19.1 Å². The molecule has 6 nitrogen and oxygen atoms in total. The number of amides is 1. The van der Waals surface area contributed by atoms with Crippen LogP contribution in [-0.4, -0.2) is 36.3 Å². The highest BCUT2D eigenvalue weighted by Gasteiger charge is 2.48. The van der Waals surface area contributed by atoms with Gasteiger partial charge in [0.15, 0.2) is 6.10 Å². The predicted molar refractivity (Wildman–Crippen MR) is 65.3 cm³/mol. The molecule has 0 saturated carbocycles. The molecule has 19 heavy (non-hydrogen) atoms. The van der Waals surface area contributed by atoms with Gasteiger partial charge >= 0.3 is 5.97 Å². The Morgan fingerprint density at radius 3 is 2.79 bits per heavy atom. The van der Waals surface area contributed by atoms with Gasteiger partial charge in [0.2, 0.25) is 0 Å². The van der Waals surface area contributed by atoms with Crippen molar-refractivity contribution in [1.82, 2.24) is 0 Å². The number of aliphatic carboxylic acids is 1. The van der Waals surface area contributed by atoms with Gasteiger partial charge in [-0.25, -0.2) is 0 Å². The fourth-order valence-electron chi connectivity index (χ4n) is 2.22. The topological polar surface area (TPSA) is 84.9 Å². The number of carbonyl (C=O) groups excluding carboxylic acids is 1. The molecule has 0 radical (unpaired) electrons. The van der Waals surface area contributed by atoms with Gasteiger partial charge in [-0.15, -0.1) is 0 Å². The predicted octanol–water partition coefficient (Wildman–Crippen LogP) is 0.759. The van der Waals surface area contributed by atoms with E-state index in [0.29, 0.717) is 17.0 Å². The second-order valence-corrected chi connectivity index (χ2v) is 4.84. The largest absolute Gasteiger partial charge is 0.480 e. The highest BCUT2D eigenvalue weighted by Crippen LogP contribution is 2.38. The Morgan fingerprint density at radius 2 is 2.21 bits per heavy atom. The van der Waals surface area contributed by atoms with Crippen molar-refractivity contribution in [2.24, 2.45) is 0 Å². The van der Waals surface area contributed by atoms with Crippen molar-refractivity contribution in [1.29, 1.82) is 0 Å². The quantitative estimate of drug-likeness (QED) is 0.822. The summed E-state index contributed by atoms with van der Waals surface area (Å²) >= 11 is 0. The Bertz CT molecular complexity index is 564. The molecule has 0 aliphatic carbocycles. The summed E-state index contributed by atoms with van der Waals surface area (Å²) in [5.41, 5.74) is 0.198. The Labute approximate surface area is 109 Å². The van der Waals surface area contributed by atoms with E-state index < -0.39 is 17.5 Å². The summed E-state index contributed by atoms with van der Waals surface area (Å²) in [5, 5.41) is 12.1. The number of nitrogens with one attached hydrogen (secondary N) is 1. The summed E-state index contributed by atoms with van der Waals surface area (Å²) in [6, 6.07) is 5.02. The van der Waals surface area contributed by atoms with Crippen molar-refractivity contribution in [3.8, 4) is 5.75 Å². The van der Waals surface area contributed by atoms with Crippen LogP contribution in [0, 0.1) is 0 Å². The van der Waals surface area contributed by atoms with E-state index >= 15 is 0 Å². The molecule has 1 aromatic rings. The van der Waals surface area contributed by atoms with Gasteiger partial charge in [-0.3, -0.25) is 9.59 Å². The molecule has 6 heteroatoms. The number of hydrogen-bond donors (Lipinski definition) is 2. The number of carboxylic acid groups (broad SMARTS) is 1. The number of benzene rings is 1. The number of carboxylic acids is 1. The molecule has 0 aromatic heterocycles. The zero-order valence-corrected chi connectivity index (χ0v) is 10.3. The highest BCUT2D eigenvalue weighted by atomic mass is 16.5. The molecule has 1 unspecified atom stereocenters. The smallest absolute Gasteiger partial charge is 0.318 e. The molecule has 1 fully saturated rings. The first-order chi connectivity index (χ1) is 9.03. The molecule has 1 saturated heterocycles. The number of anilines is 1. The molecule has 3 rings (SSSR count). The van der Waals surface area contributed by atoms with Gasteiger partial charge < -0.3 is 19.9 Å². The third kappa shape index (κ3) is 1.67. The van der Waals surface area contributed by atoms with E-state index in [1.807, 2.05) is 0 Å². The minimum absolute atomic E-state index is 0.156. The Morgan fingerprint density at radius 1 is 1.47 bits per heavy atom. The van der Waals surface area contributed by atoms with E-state index in [0.717, 1.165) is 0 Å². The molecular weight excluding hydrogens is 250 g/mol. The van der Waals surface area contributed by atoms with Crippen LogP contribution in [0.25, 0.3) is 0 Å². The van der Waals surface area contributed by atoms with Gasteiger partial charge in [0.25, 0.3) is 5.91 Å². The Balaban J connectivity index is 2.00. The van der Waals surface area contributed by atoms with Crippen LogP contribution in [0.4, 0.5) is 5.69 Å². The molecular formula is C13H13NO5. The average Bonchev–Trinajstić information content (AvgIpc) is 2.29. The summed E-state index contributed by atoms with van der Waals surface area (Å²) in [6.07, 6.45) is -0.582. The van der Waals surface area contributed by atoms with Crippen LogP contribution >= 0.6 is 0 Å². The van der Waals surface area contributed by atoms with Gasteiger partial charge in [-0.05, 0) is 24.6 Å². The third-order valence-corrected chi connectivity index (χ3v) is 3.57. The maximum atomic E-state index is 11.5.